The number of hydrogen-bond donors (Lipinski definition) is 3. The van der Waals surface area contributed by atoms with Crippen molar-refractivity contribution >= 4 is 46.6 Å². The number of amides is 4. The van der Waals surface area contributed by atoms with Crippen LogP contribution in [0.15, 0.2) is 109 Å². The first-order chi connectivity index (χ1) is 33.9. The van der Waals surface area contributed by atoms with Crippen LogP contribution in [-0.2, 0) is 34.0 Å². The summed E-state index contributed by atoms with van der Waals surface area (Å²) >= 11 is 7.69. The maximum absolute atomic E-state index is 14.2. The van der Waals surface area contributed by atoms with Crippen molar-refractivity contribution in [1.29, 1.82) is 5.26 Å². The smallest absolute Gasteiger partial charge is 0.255 e. The lowest BCUT2D eigenvalue weighted by molar-refractivity contribution is -0.143. The maximum atomic E-state index is 14.2. The Morgan fingerprint density at radius 2 is 1.73 bits per heavy atom. The Kier molecular flexibility index (Phi) is 15.9. The van der Waals surface area contributed by atoms with Crippen molar-refractivity contribution in [3.05, 3.63) is 142 Å². The second-order valence-corrected chi connectivity index (χ2v) is 18.8. The molecule has 362 valence electrons. The van der Waals surface area contributed by atoms with Gasteiger partial charge in [-0.2, -0.15) is 10.4 Å². The first kappa shape index (κ1) is 49.3. The molecule has 1 unspecified atom stereocenters. The van der Waals surface area contributed by atoms with E-state index in [2.05, 4.69) is 26.8 Å². The van der Waals surface area contributed by atoms with Gasteiger partial charge in [-0.3, -0.25) is 28.8 Å². The number of rotatable bonds is 20. The molecular formula is C52H53ClN8O8S. The molecule has 2 aliphatic rings. The van der Waals surface area contributed by atoms with Gasteiger partial charge in [0.25, 0.3) is 11.8 Å². The van der Waals surface area contributed by atoms with Gasteiger partial charge < -0.3 is 39.8 Å². The van der Waals surface area contributed by atoms with Gasteiger partial charge in [0.15, 0.2) is 0 Å². The van der Waals surface area contributed by atoms with Gasteiger partial charge >= 0.3 is 0 Å². The minimum absolute atomic E-state index is 0.0134. The molecule has 6 aromatic rings. The average Bonchev–Trinajstić information content (AvgIpc) is 4.19. The molecule has 3 N–H and O–H groups in total. The fraction of sp³-hybridized carbons (Fsp3) is 0.327. The number of aliphatic hydroxyl groups excluding tert-OH is 1. The van der Waals surface area contributed by atoms with Crippen LogP contribution >= 0.6 is 22.9 Å². The molecule has 0 saturated carbocycles. The summed E-state index contributed by atoms with van der Waals surface area (Å²) < 4.78 is 19.6. The number of halogens is 1. The number of nitriles is 1. The average molecular weight is 986 g/mol. The number of thiazole rings is 1. The summed E-state index contributed by atoms with van der Waals surface area (Å²) in [5, 5.41) is 30.8. The molecule has 0 bridgehead atoms. The van der Waals surface area contributed by atoms with Gasteiger partial charge in [-0.15, -0.1) is 11.3 Å². The van der Waals surface area contributed by atoms with E-state index in [-0.39, 0.29) is 75.6 Å². The predicted molar refractivity (Wildman–Crippen MR) is 263 cm³/mol. The molecule has 18 heteroatoms. The first-order valence-corrected chi connectivity index (χ1v) is 24.3. The zero-order valence-electron chi connectivity index (χ0n) is 38.9. The van der Waals surface area contributed by atoms with E-state index in [9.17, 15) is 24.3 Å². The quantitative estimate of drug-likeness (QED) is 0.0684. The van der Waals surface area contributed by atoms with Gasteiger partial charge in [-0.25, -0.2) is 0 Å². The molecule has 0 spiro atoms. The first-order valence-electron chi connectivity index (χ1n) is 23.0. The number of fused-ring (bicyclic) bond motifs is 1. The van der Waals surface area contributed by atoms with Gasteiger partial charge in [0, 0.05) is 66.7 Å². The highest BCUT2D eigenvalue weighted by atomic mass is 35.5. The highest BCUT2D eigenvalue weighted by Crippen LogP contribution is 2.32. The summed E-state index contributed by atoms with van der Waals surface area (Å²) in [6.07, 6.45) is 2.77. The Morgan fingerprint density at radius 3 is 2.46 bits per heavy atom. The number of nitrogens with zero attached hydrogens (tertiary/aromatic N) is 6. The third kappa shape index (κ3) is 11.7. The molecule has 2 aromatic heterocycles. The molecule has 1 saturated heterocycles. The van der Waals surface area contributed by atoms with E-state index < -0.39 is 24.1 Å². The summed E-state index contributed by atoms with van der Waals surface area (Å²) in [5.74, 6) is -0.359. The Balaban J connectivity index is 0.791. The van der Waals surface area contributed by atoms with Gasteiger partial charge in [0.1, 0.15) is 42.9 Å². The van der Waals surface area contributed by atoms with Crippen LogP contribution in [0.25, 0.3) is 21.7 Å². The number of carbonyl (C=O) groups excluding carboxylic acids is 4. The second-order valence-electron chi connectivity index (χ2n) is 17.5. The molecule has 8 rings (SSSR count). The van der Waals surface area contributed by atoms with Crippen molar-refractivity contribution in [2.75, 3.05) is 33.0 Å². The molecule has 2 aliphatic heterocycles. The third-order valence-electron chi connectivity index (χ3n) is 12.1. The van der Waals surface area contributed by atoms with E-state index in [0.717, 1.165) is 21.6 Å². The van der Waals surface area contributed by atoms with Crippen LogP contribution in [-0.4, -0.2) is 111 Å². The molecule has 70 heavy (non-hydrogen) atoms. The molecule has 4 amide bonds. The van der Waals surface area contributed by atoms with E-state index in [1.54, 1.807) is 75.9 Å². The minimum atomic E-state index is -0.926. The van der Waals surface area contributed by atoms with Crippen molar-refractivity contribution in [3.8, 4) is 39.3 Å². The largest absolute Gasteiger partial charge is 0.491 e. The highest BCUT2D eigenvalue weighted by molar-refractivity contribution is 7.13. The number of aromatic nitrogens is 3. The van der Waals surface area contributed by atoms with Crippen LogP contribution in [0.5, 0.6) is 11.5 Å². The van der Waals surface area contributed by atoms with Crippen molar-refractivity contribution in [2.45, 2.75) is 71.1 Å². The van der Waals surface area contributed by atoms with E-state index in [1.807, 2.05) is 63.4 Å². The Hall–Kier alpha value is -7.10. The molecule has 4 aromatic carbocycles. The van der Waals surface area contributed by atoms with Crippen molar-refractivity contribution < 1.29 is 38.5 Å². The lowest BCUT2D eigenvalue weighted by atomic mass is 10.0. The molecular weight excluding hydrogens is 932 g/mol. The summed E-state index contributed by atoms with van der Waals surface area (Å²) in [4.78, 5) is 62.7. The highest BCUT2D eigenvalue weighted by Gasteiger charge is 2.46. The fourth-order valence-electron chi connectivity index (χ4n) is 8.65. The summed E-state index contributed by atoms with van der Waals surface area (Å²) in [6, 6.07) is 27.0. The van der Waals surface area contributed by atoms with Crippen LogP contribution in [0, 0.1) is 17.2 Å². The SMILES string of the molecule is CC(C)[C@@H](C(=O)N1C[C@H](O)CC1C(=O)NCc1ccc(-c2cncs2)cc1OCCOCCOc1ccc(C(=O)N[C@@H](C)Cn2ccc(-c3ccc(C#N)c(Cl)c3)n2)cc1)N1Cc2ccccc2C1=O. The molecule has 0 radical (unpaired) electrons. The van der Waals surface area contributed by atoms with Gasteiger partial charge in [0.2, 0.25) is 11.8 Å². The van der Waals surface area contributed by atoms with Crippen molar-refractivity contribution in [2.24, 2.45) is 5.92 Å². The van der Waals surface area contributed by atoms with Crippen molar-refractivity contribution in [1.82, 2.24) is 35.2 Å². The zero-order valence-corrected chi connectivity index (χ0v) is 40.5. The molecule has 16 nitrogen and oxygen atoms in total. The normalized spacial score (nSPS) is 16.2. The zero-order chi connectivity index (χ0) is 49.3. The number of likely N-dealkylation sites (tertiary alicyclic amines) is 1. The lowest BCUT2D eigenvalue weighted by Gasteiger charge is -2.35. The number of nitrogens with one attached hydrogen (secondary N) is 2. The number of aliphatic hydroxyl groups is 1. The number of carbonyl (C=O) groups is 4. The van der Waals surface area contributed by atoms with E-state index in [0.29, 0.717) is 57.6 Å². The summed E-state index contributed by atoms with van der Waals surface area (Å²) in [5.41, 5.74) is 7.13. The topological polar surface area (TPSA) is 201 Å². The van der Waals surface area contributed by atoms with E-state index >= 15 is 0 Å². The maximum Gasteiger partial charge on any atom is 0.255 e. The van der Waals surface area contributed by atoms with Crippen LogP contribution in [0.2, 0.25) is 5.02 Å². The van der Waals surface area contributed by atoms with Crippen molar-refractivity contribution in [3.63, 3.8) is 0 Å². The van der Waals surface area contributed by atoms with Gasteiger partial charge in [-0.05, 0) is 78.6 Å². The second kappa shape index (κ2) is 22.5. The van der Waals surface area contributed by atoms with Crippen LogP contribution in [0.1, 0.15) is 64.6 Å². The Bertz CT molecular complexity index is 2870. The Labute approximate surface area is 414 Å². The number of benzene rings is 4. The van der Waals surface area contributed by atoms with Gasteiger partial charge in [-0.1, -0.05) is 61.8 Å². The molecule has 1 fully saturated rings. The lowest BCUT2D eigenvalue weighted by Crippen LogP contribution is -2.55. The molecule has 4 atom stereocenters. The van der Waals surface area contributed by atoms with Crippen LogP contribution < -0.4 is 20.1 Å². The number of ether oxygens (including phenoxy) is 3. The summed E-state index contributed by atoms with van der Waals surface area (Å²) in [7, 11) is 0. The Morgan fingerprint density at radius 1 is 0.957 bits per heavy atom. The molecule has 0 aliphatic carbocycles. The standard InChI is InChI=1S/C52H53ClN8O8S/c1-32(2)48(61-29-39-6-4-5-7-42(39)51(61)65)52(66)60-30-40(62)24-45(60)50(64)56-26-38-11-9-36(47-27-55-31-70-47)23-46(38)69-21-19-67-18-20-68-41-14-12-34(13-15-41)49(63)57-33(3)28-59-17-16-44(58-59)35-8-10-37(25-54)43(53)22-35/h4-17,22-23,27,31-33,40,45,48,62H,18-21,24,26,28-30H2,1-3H3,(H,56,64)(H,57,63)/t33-,40+,45?,48-/m0/s1. The monoisotopic (exact) mass is 984 g/mol. The minimum Gasteiger partial charge on any atom is -0.491 e. The fourth-order valence-corrected chi connectivity index (χ4v) is 9.49. The third-order valence-corrected chi connectivity index (χ3v) is 13.3. The van der Waals surface area contributed by atoms with Crippen LogP contribution in [0.4, 0.5) is 0 Å². The van der Waals surface area contributed by atoms with E-state index in [1.165, 1.54) is 16.2 Å². The molecule has 4 heterocycles. The van der Waals surface area contributed by atoms with Crippen LogP contribution in [0.3, 0.4) is 0 Å². The number of hydrogen-bond acceptors (Lipinski definition) is 12. The van der Waals surface area contributed by atoms with E-state index in [4.69, 9.17) is 31.1 Å². The number of β-amino-alcohol motifs (C(OH)–C–C–N with tert-alkyl or cyclic N) is 1. The van der Waals surface area contributed by atoms with Gasteiger partial charge in [0.05, 0.1) is 52.5 Å². The summed E-state index contributed by atoms with van der Waals surface area (Å²) in [6.45, 7) is 7.47. The predicted octanol–water partition coefficient (Wildman–Crippen LogP) is 6.75.